The number of esters is 1. The van der Waals surface area contributed by atoms with Gasteiger partial charge in [-0.2, -0.15) is 0 Å². The van der Waals surface area contributed by atoms with Gasteiger partial charge in [-0.05, 0) is 31.2 Å². The summed E-state index contributed by atoms with van der Waals surface area (Å²) in [5, 5.41) is 5.50. The molecule has 1 aliphatic carbocycles. The number of hydrogen-bond donors (Lipinski definition) is 3. The van der Waals surface area contributed by atoms with E-state index in [1.54, 1.807) is 30.3 Å². The zero-order valence-corrected chi connectivity index (χ0v) is 21.4. The third-order valence-electron chi connectivity index (χ3n) is 6.10. The van der Waals surface area contributed by atoms with E-state index in [4.69, 9.17) is 15.2 Å². The lowest BCUT2D eigenvalue weighted by atomic mass is 10.0. The predicted octanol–water partition coefficient (Wildman–Crippen LogP) is 3.15. The molecule has 0 saturated heterocycles. The SMILES string of the molecule is Cl.N[C@@H](CCCNC(=O)OCc1ccccc1)C(=O)N[C@H]1CCC[C@H]1C(=O)OCC(=O)c1ccccc1. The maximum Gasteiger partial charge on any atom is 0.407 e. The molecule has 3 rings (SSSR count). The number of ether oxygens (including phenoxy) is 2. The number of halogens is 1. The Morgan fingerprint density at radius 3 is 2.32 bits per heavy atom. The molecule has 0 unspecified atom stereocenters. The second-order valence-corrected chi connectivity index (χ2v) is 8.79. The molecule has 4 N–H and O–H groups in total. The minimum Gasteiger partial charge on any atom is -0.457 e. The zero-order chi connectivity index (χ0) is 25.8. The van der Waals surface area contributed by atoms with Crippen LogP contribution >= 0.6 is 12.4 Å². The van der Waals surface area contributed by atoms with Crippen LogP contribution in [0.1, 0.15) is 48.0 Å². The van der Waals surface area contributed by atoms with Crippen molar-refractivity contribution in [3.63, 3.8) is 0 Å². The number of carbonyl (C=O) groups excluding carboxylic acids is 4. The molecule has 9 nitrogen and oxygen atoms in total. The van der Waals surface area contributed by atoms with Crippen LogP contribution in [0, 0.1) is 5.92 Å². The summed E-state index contributed by atoms with van der Waals surface area (Å²) in [7, 11) is 0. The van der Waals surface area contributed by atoms with Crippen molar-refractivity contribution < 1.29 is 28.7 Å². The molecule has 0 bridgehead atoms. The van der Waals surface area contributed by atoms with Gasteiger partial charge in [-0.3, -0.25) is 14.4 Å². The molecule has 37 heavy (non-hydrogen) atoms. The second kappa shape index (κ2) is 15.6. The van der Waals surface area contributed by atoms with Gasteiger partial charge in [-0.1, -0.05) is 67.1 Å². The Balaban J connectivity index is 0.00000481. The Morgan fingerprint density at radius 2 is 1.62 bits per heavy atom. The molecule has 2 amide bonds. The Morgan fingerprint density at radius 1 is 0.946 bits per heavy atom. The van der Waals surface area contributed by atoms with Gasteiger partial charge in [0, 0.05) is 18.2 Å². The molecular weight excluding hydrogens is 498 g/mol. The zero-order valence-electron chi connectivity index (χ0n) is 20.6. The van der Waals surface area contributed by atoms with Gasteiger partial charge in [0.15, 0.2) is 12.4 Å². The lowest BCUT2D eigenvalue weighted by molar-refractivity contribution is -0.148. The summed E-state index contributed by atoms with van der Waals surface area (Å²) < 4.78 is 10.4. The number of amides is 2. The van der Waals surface area contributed by atoms with Gasteiger partial charge < -0.3 is 25.8 Å². The van der Waals surface area contributed by atoms with Crippen LogP contribution in [0.25, 0.3) is 0 Å². The molecule has 0 aliphatic heterocycles. The first-order chi connectivity index (χ1) is 17.4. The van der Waals surface area contributed by atoms with Crippen LogP contribution in [-0.4, -0.2) is 49.0 Å². The molecule has 1 saturated carbocycles. The van der Waals surface area contributed by atoms with Gasteiger partial charge in [0.25, 0.3) is 0 Å². The van der Waals surface area contributed by atoms with Crippen molar-refractivity contribution in [1.82, 2.24) is 10.6 Å². The van der Waals surface area contributed by atoms with E-state index in [1.807, 2.05) is 30.3 Å². The molecule has 200 valence electrons. The number of hydrogen-bond acceptors (Lipinski definition) is 7. The van der Waals surface area contributed by atoms with E-state index in [0.29, 0.717) is 37.8 Å². The first kappa shape index (κ1) is 29.8. The summed E-state index contributed by atoms with van der Waals surface area (Å²) in [4.78, 5) is 49.1. The van der Waals surface area contributed by atoms with Crippen molar-refractivity contribution in [3.8, 4) is 0 Å². The predicted molar refractivity (Wildman–Crippen MR) is 140 cm³/mol. The first-order valence-electron chi connectivity index (χ1n) is 12.2. The molecule has 0 aromatic heterocycles. The lowest BCUT2D eigenvalue weighted by Crippen LogP contribution is -2.48. The van der Waals surface area contributed by atoms with Gasteiger partial charge >= 0.3 is 12.1 Å². The number of rotatable bonds is 12. The summed E-state index contributed by atoms with van der Waals surface area (Å²) in [6.45, 7) is 0.169. The van der Waals surface area contributed by atoms with E-state index in [9.17, 15) is 19.2 Å². The number of nitrogens with one attached hydrogen (secondary N) is 2. The first-order valence-corrected chi connectivity index (χ1v) is 12.2. The average Bonchev–Trinajstić information content (AvgIpc) is 3.37. The third-order valence-corrected chi connectivity index (χ3v) is 6.10. The number of alkyl carbamates (subject to hydrolysis) is 1. The molecule has 2 aromatic rings. The maximum absolute atomic E-state index is 12.6. The summed E-state index contributed by atoms with van der Waals surface area (Å²) in [6, 6.07) is 16.8. The molecule has 1 aliphatic rings. The Bertz CT molecular complexity index is 1020. The summed E-state index contributed by atoms with van der Waals surface area (Å²) in [5.74, 6) is -1.63. The summed E-state index contributed by atoms with van der Waals surface area (Å²) in [6.07, 6.45) is 2.30. The van der Waals surface area contributed by atoms with Crippen LogP contribution in [0.3, 0.4) is 0 Å². The topological polar surface area (TPSA) is 137 Å². The normalized spacial score (nSPS) is 17.1. The van der Waals surface area contributed by atoms with Crippen LogP contribution < -0.4 is 16.4 Å². The van der Waals surface area contributed by atoms with Crippen molar-refractivity contribution in [1.29, 1.82) is 0 Å². The largest absolute Gasteiger partial charge is 0.457 e. The van der Waals surface area contributed by atoms with Gasteiger partial charge in [0.1, 0.15) is 6.61 Å². The molecule has 0 heterocycles. The molecule has 2 aromatic carbocycles. The minimum atomic E-state index is -0.774. The Labute approximate surface area is 222 Å². The number of benzene rings is 2. The van der Waals surface area contributed by atoms with Crippen LogP contribution in [0.15, 0.2) is 60.7 Å². The highest BCUT2D eigenvalue weighted by Crippen LogP contribution is 2.27. The van der Waals surface area contributed by atoms with E-state index >= 15 is 0 Å². The van der Waals surface area contributed by atoms with Crippen molar-refractivity contribution >= 4 is 36.2 Å². The quantitative estimate of drug-likeness (QED) is 0.217. The number of Topliss-reactive ketones (excluding diaryl/α,β-unsaturated/α-hetero) is 1. The van der Waals surface area contributed by atoms with Gasteiger partial charge in [-0.25, -0.2) is 4.79 Å². The molecule has 3 atom stereocenters. The monoisotopic (exact) mass is 531 g/mol. The van der Waals surface area contributed by atoms with Gasteiger partial charge in [0.2, 0.25) is 5.91 Å². The molecule has 10 heteroatoms. The van der Waals surface area contributed by atoms with Crippen LogP contribution in [0.2, 0.25) is 0 Å². The maximum atomic E-state index is 12.6. The fourth-order valence-corrected chi connectivity index (χ4v) is 4.07. The van der Waals surface area contributed by atoms with Crippen molar-refractivity contribution in [3.05, 3.63) is 71.8 Å². The third kappa shape index (κ3) is 9.86. The summed E-state index contributed by atoms with van der Waals surface area (Å²) >= 11 is 0. The summed E-state index contributed by atoms with van der Waals surface area (Å²) in [5.41, 5.74) is 7.38. The average molecular weight is 532 g/mol. The van der Waals surface area contributed by atoms with E-state index in [-0.39, 0.29) is 43.4 Å². The van der Waals surface area contributed by atoms with E-state index < -0.39 is 24.0 Å². The fraction of sp³-hybridized carbons (Fsp3) is 0.407. The standard InChI is InChI=1S/C27H33N3O6.ClH/c28-22(14-8-16-29-27(34)36-17-19-9-3-1-4-10-19)25(32)30-23-15-7-13-21(23)26(33)35-18-24(31)20-11-5-2-6-12-20;/h1-6,9-12,21-23H,7-8,13-18,28H2,(H,29,34)(H,30,32);1H/t21-,22+,23+;/m1./s1. The van der Waals surface area contributed by atoms with Crippen molar-refractivity contribution in [2.75, 3.05) is 13.2 Å². The van der Waals surface area contributed by atoms with Crippen molar-refractivity contribution in [2.45, 2.75) is 50.8 Å². The molecular formula is C27H34ClN3O6. The Hall–Kier alpha value is -3.43. The second-order valence-electron chi connectivity index (χ2n) is 8.79. The lowest BCUT2D eigenvalue weighted by Gasteiger charge is -2.22. The minimum absolute atomic E-state index is 0. The van der Waals surface area contributed by atoms with Crippen LogP contribution in [0.5, 0.6) is 0 Å². The number of nitrogens with two attached hydrogens (primary N) is 1. The van der Waals surface area contributed by atoms with Gasteiger partial charge in [0.05, 0.1) is 12.0 Å². The Kier molecular flexibility index (Phi) is 12.6. The van der Waals surface area contributed by atoms with E-state index in [0.717, 1.165) is 12.0 Å². The van der Waals surface area contributed by atoms with E-state index in [1.165, 1.54) is 0 Å². The smallest absolute Gasteiger partial charge is 0.407 e. The van der Waals surface area contributed by atoms with Crippen LogP contribution in [0.4, 0.5) is 4.79 Å². The molecule has 0 spiro atoms. The fourth-order valence-electron chi connectivity index (χ4n) is 4.07. The number of ketones is 1. The highest BCUT2D eigenvalue weighted by molar-refractivity contribution is 5.98. The highest BCUT2D eigenvalue weighted by atomic mass is 35.5. The molecule has 1 fully saturated rings. The molecule has 0 radical (unpaired) electrons. The highest BCUT2D eigenvalue weighted by Gasteiger charge is 2.36. The van der Waals surface area contributed by atoms with Crippen molar-refractivity contribution in [2.24, 2.45) is 11.7 Å². The van der Waals surface area contributed by atoms with E-state index in [2.05, 4.69) is 10.6 Å². The number of carbonyl (C=O) groups is 4. The van der Waals surface area contributed by atoms with Gasteiger partial charge in [-0.15, -0.1) is 12.4 Å². The van der Waals surface area contributed by atoms with Crippen LogP contribution in [-0.2, 0) is 25.7 Å².